The molecule has 188 valence electrons. The van der Waals surface area contributed by atoms with E-state index in [2.05, 4.69) is 0 Å². The van der Waals surface area contributed by atoms with Gasteiger partial charge in [0.15, 0.2) is 0 Å². The van der Waals surface area contributed by atoms with Crippen molar-refractivity contribution >= 4 is 11.1 Å². The zero-order chi connectivity index (χ0) is 29.2. The van der Waals surface area contributed by atoms with Crippen molar-refractivity contribution in [2.45, 2.75) is 18.5 Å². The van der Waals surface area contributed by atoms with E-state index in [1.165, 1.54) is 24.3 Å². The van der Waals surface area contributed by atoms with E-state index >= 15 is 0 Å². The lowest BCUT2D eigenvalue weighted by Gasteiger charge is -2.23. The van der Waals surface area contributed by atoms with Crippen LogP contribution >= 0.6 is 0 Å². The second-order valence-corrected chi connectivity index (χ2v) is 6.92. The molecule has 0 aliphatic rings. The topological polar surface area (TPSA) is 143 Å². The number of benzene rings is 2. The van der Waals surface area contributed by atoms with Crippen molar-refractivity contribution in [1.29, 1.82) is 31.6 Å². The summed E-state index contributed by atoms with van der Waals surface area (Å²) in [7, 11) is 0. The Morgan fingerprint density at radius 3 is 1.37 bits per heavy atom. The van der Waals surface area contributed by atoms with Crippen molar-refractivity contribution in [3.8, 4) is 36.4 Å². The van der Waals surface area contributed by atoms with Crippen LogP contribution in [0.5, 0.6) is 0 Å². The highest BCUT2D eigenvalue weighted by Gasteiger charge is 2.50. The Kier molecular flexibility index (Phi) is 7.45. The molecular formula is C23H3F9N6. The number of nitriles is 6. The molecule has 2 aromatic carbocycles. The maximum Gasteiger partial charge on any atom is 0.418 e. The predicted octanol–water partition coefficient (Wildman–Crippen LogP) is 4.28. The summed E-state index contributed by atoms with van der Waals surface area (Å²) in [6.07, 6.45) is -18.0. The van der Waals surface area contributed by atoms with Crippen LogP contribution in [0, 0.1) is 68.0 Å². The standard InChI is InChI=1S/C23H3F9N6/c24-21(25,26)18-3-13(19(22(27,28)29)20(17(18)9-38)23(30,31)32)15(7-36)12-2-1-11(10(4-33)5-34)14(6-35)16(12)8-37/h1-3H/b15-12-. The predicted molar refractivity (Wildman–Crippen MR) is 104 cm³/mol. The summed E-state index contributed by atoms with van der Waals surface area (Å²) < 4.78 is 124. The molecule has 0 aliphatic carbocycles. The molecule has 0 amide bonds. The molecule has 0 spiro atoms. The monoisotopic (exact) mass is 534 g/mol. The Balaban J connectivity index is 3.52. The molecule has 38 heavy (non-hydrogen) atoms. The van der Waals surface area contributed by atoms with Gasteiger partial charge in [0, 0.05) is 16.0 Å². The molecule has 15 heteroatoms. The van der Waals surface area contributed by atoms with E-state index in [9.17, 15) is 55.3 Å². The van der Waals surface area contributed by atoms with E-state index in [0.29, 0.717) is 18.2 Å². The fourth-order valence-corrected chi connectivity index (χ4v) is 3.46. The third-order valence-corrected chi connectivity index (χ3v) is 4.88. The van der Waals surface area contributed by atoms with Crippen molar-refractivity contribution in [2.75, 3.05) is 0 Å². The maximum absolute atomic E-state index is 14.0. The molecule has 2 rings (SSSR count). The minimum Gasteiger partial charge on any atom is -0.192 e. The normalized spacial score (nSPS) is 12.1. The van der Waals surface area contributed by atoms with Crippen LogP contribution in [0.1, 0.15) is 38.9 Å². The number of rotatable bonds is 1. The van der Waals surface area contributed by atoms with E-state index in [-0.39, 0.29) is 0 Å². The largest absolute Gasteiger partial charge is 0.418 e. The lowest BCUT2D eigenvalue weighted by Crippen LogP contribution is -2.26. The highest BCUT2D eigenvalue weighted by atomic mass is 19.4. The van der Waals surface area contributed by atoms with Crippen LogP contribution in [0.2, 0.25) is 0 Å². The summed E-state index contributed by atoms with van der Waals surface area (Å²) in [6, 6.07) is 7.79. The van der Waals surface area contributed by atoms with Gasteiger partial charge in [-0.05, 0) is 6.07 Å². The summed E-state index contributed by atoms with van der Waals surface area (Å²) in [5.74, 6) is 0. The number of hydrogen-bond acceptors (Lipinski definition) is 6. The van der Waals surface area contributed by atoms with Gasteiger partial charge in [-0.3, -0.25) is 0 Å². The van der Waals surface area contributed by atoms with Crippen LogP contribution in [-0.2, 0) is 18.5 Å². The lowest BCUT2D eigenvalue weighted by atomic mass is 9.86. The summed E-state index contributed by atoms with van der Waals surface area (Å²) in [5, 5.41) is 54.1. The van der Waals surface area contributed by atoms with E-state index in [0.717, 1.165) is 6.07 Å². The van der Waals surface area contributed by atoms with Crippen molar-refractivity contribution in [2.24, 2.45) is 0 Å². The van der Waals surface area contributed by atoms with Crippen molar-refractivity contribution < 1.29 is 39.5 Å². The molecule has 0 saturated carbocycles. The molecule has 0 aliphatic heterocycles. The van der Waals surface area contributed by atoms with E-state index in [4.69, 9.17) is 15.8 Å². The molecule has 0 atom stereocenters. The van der Waals surface area contributed by atoms with Gasteiger partial charge in [0.2, 0.25) is 0 Å². The molecule has 0 heterocycles. The minimum atomic E-state index is -6.17. The summed E-state index contributed by atoms with van der Waals surface area (Å²) >= 11 is 0. The molecule has 0 N–H and O–H groups in total. The quantitative estimate of drug-likeness (QED) is 0.500. The van der Waals surface area contributed by atoms with Gasteiger partial charge in [-0.15, -0.1) is 0 Å². The van der Waals surface area contributed by atoms with Crippen LogP contribution in [0.15, 0.2) is 18.2 Å². The number of nitrogens with zero attached hydrogens (tertiary/aromatic N) is 6. The fourth-order valence-electron chi connectivity index (χ4n) is 3.46. The van der Waals surface area contributed by atoms with E-state index in [1.807, 2.05) is 0 Å². The smallest absolute Gasteiger partial charge is 0.192 e. The molecule has 0 saturated heterocycles. The lowest BCUT2D eigenvalue weighted by molar-refractivity contribution is -0.164. The highest BCUT2D eigenvalue weighted by Crippen LogP contribution is 2.48. The molecule has 0 unspecified atom stereocenters. The maximum atomic E-state index is 14.0. The Labute approximate surface area is 205 Å². The second-order valence-electron chi connectivity index (χ2n) is 6.92. The van der Waals surface area contributed by atoms with Crippen molar-refractivity contribution in [3.05, 3.63) is 67.6 Å². The van der Waals surface area contributed by atoms with Crippen LogP contribution < -0.4 is 10.4 Å². The van der Waals surface area contributed by atoms with Gasteiger partial charge in [0.1, 0.15) is 42.0 Å². The first-order valence-corrected chi connectivity index (χ1v) is 9.28. The summed E-state index contributed by atoms with van der Waals surface area (Å²) in [5.41, 5.74) is -16.8. The molecule has 6 nitrogen and oxygen atoms in total. The van der Waals surface area contributed by atoms with Crippen LogP contribution in [0.4, 0.5) is 39.5 Å². The highest BCUT2D eigenvalue weighted by molar-refractivity contribution is 5.83. The minimum absolute atomic E-state index is 0.474. The Hall–Kier alpha value is -5.51. The SMILES string of the molecule is N#CC(C#N)=c1cc/c(=C(\C#N)c2cc(C(F)(F)F)c(C#N)c(C(F)(F)F)c2C(F)(F)F)c(C#N)c1C#N. The van der Waals surface area contributed by atoms with Crippen LogP contribution in [0.3, 0.4) is 0 Å². The Morgan fingerprint density at radius 2 is 1.00 bits per heavy atom. The average molecular weight is 534 g/mol. The number of halogens is 9. The van der Waals surface area contributed by atoms with E-state index in [1.54, 1.807) is 0 Å². The first kappa shape index (κ1) is 28.7. The zero-order valence-electron chi connectivity index (χ0n) is 17.8. The molecule has 0 aromatic heterocycles. The Morgan fingerprint density at radius 1 is 0.553 bits per heavy atom. The molecule has 0 radical (unpaired) electrons. The van der Waals surface area contributed by atoms with Gasteiger partial charge in [-0.1, -0.05) is 12.1 Å². The fraction of sp³-hybridized carbons (Fsp3) is 0.130. The van der Waals surface area contributed by atoms with Gasteiger partial charge in [-0.25, -0.2) is 0 Å². The third kappa shape index (κ3) is 4.91. The van der Waals surface area contributed by atoms with Crippen molar-refractivity contribution in [3.63, 3.8) is 0 Å². The van der Waals surface area contributed by atoms with Crippen molar-refractivity contribution in [1.82, 2.24) is 0 Å². The average Bonchev–Trinajstić information content (AvgIpc) is 2.82. The molecule has 2 aromatic rings. The van der Waals surface area contributed by atoms with Gasteiger partial charge >= 0.3 is 18.5 Å². The third-order valence-electron chi connectivity index (χ3n) is 4.88. The number of alkyl halides is 9. The molecule has 0 bridgehead atoms. The van der Waals surface area contributed by atoms with E-state index < -0.39 is 85.1 Å². The zero-order valence-corrected chi connectivity index (χ0v) is 17.8. The first-order chi connectivity index (χ1) is 17.5. The van der Waals surface area contributed by atoms with Gasteiger partial charge < -0.3 is 0 Å². The number of hydrogen-bond donors (Lipinski definition) is 0. The summed E-state index contributed by atoms with van der Waals surface area (Å²) in [4.78, 5) is 0. The second kappa shape index (κ2) is 9.86. The molecule has 0 fully saturated rings. The van der Waals surface area contributed by atoms with Gasteiger partial charge in [-0.2, -0.15) is 71.1 Å². The Bertz CT molecular complexity index is 1720. The van der Waals surface area contributed by atoms with Crippen LogP contribution in [-0.4, -0.2) is 0 Å². The summed E-state index contributed by atoms with van der Waals surface area (Å²) in [6.45, 7) is 0. The first-order valence-electron chi connectivity index (χ1n) is 9.28. The molecular weight excluding hydrogens is 531 g/mol. The van der Waals surface area contributed by atoms with Crippen LogP contribution in [0.25, 0.3) is 11.1 Å². The van der Waals surface area contributed by atoms with Gasteiger partial charge in [0.05, 0.1) is 39.0 Å². The van der Waals surface area contributed by atoms with Gasteiger partial charge in [0.25, 0.3) is 0 Å².